The molecule has 0 N–H and O–H groups in total. The van der Waals surface area contributed by atoms with Crippen molar-refractivity contribution in [2.45, 2.75) is 5.88 Å². The van der Waals surface area contributed by atoms with Crippen LogP contribution >= 0.6 is 11.6 Å². The Hall–Kier alpha value is -1.54. The van der Waals surface area contributed by atoms with Crippen LogP contribution in [0, 0.1) is 0 Å². The van der Waals surface area contributed by atoms with Crippen molar-refractivity contribution >= 4 is 11.6 Å². The summed E-state index contributed by atoms with van der Waals surface area (Å²) in [6, 6.07) is 11.7. The first-order valence-electron chi connectivity index (χ1n) is 5.00. The van der Waals surface area contributed by atoms with Crippen LogP contribution in [0.5, 0.6) is 5.75 Å². The van der Waals surface area contributed by atoms with Gasteiger partial charge in [0.05, 0.1) is 12.8 Å². The third-order valence-electron chi connectivity index (χ3n) is 2.40. The molecule has 0 aliphatic rings. The van der Waals surface area contributed by atoms with E-state index in [-0.39, 0.29) is 0 Å². The molecule has 1 aromatic carbocycles. The van der Waals surface area contributed by atoms with Crippen LogP contribution in [0.1, 0.15) is 5.56 Å². The number of para-hydroxylation sites is 1. The van der Waals surface area contributed by atoms with Gasteiger partial charge in [0.2, 0.25) is 0 Å². The van der Waals surface area contributed by atoms with Crippen LogP contribution in [-0.2, 0) is 5.88 Å². The van der Waals surface area contributed by atoms with Crippen molar-refractivity contribution < 1.29 is 4.74 Å². The zero-order valence-electron chi connectivity index (χ0n) is 8.98. The maximum Gasteiger partial charge on any atom is 0.128 e. The molecule has 0 bridgehead atoms. The second kappa shape index (κ2) is 4.99. The fraction of sp³-hybridized carbons (Fsp3) is 0.154. The van der Waals surface area contributed by atoms with Gasteiger partial charge in [0.1, 0.15) is 5.75 Å². The molecule has 2 nitrogen and oxygen atoms in total. The Morgan fingerprint density at radius 2 is 2.00 bits per heavy atom. The van der Waals surface area contributed by atoms with E-state index in [2.05, 4.69) is 4.98 Å². The standard InChI is InChI=1S/C13H12ClNO/c1-16-12-7-3-2-6-11(12)13-10(9-14)5-4-8-15-13/h2-8H,9H2,1H3. The highest BCUT2D eigenvalue weighted by Crippen LogP contribution is 2.30. The van der Waals surface area contributed by atoms with Crippen molar-refractivity contribution in [3.05, 3.63) is 48.2 Å². The second-order valence-corrected chi connectivity index (χ2v) is 3.61. The van der Waals surface area contributed by atoms with E-state index >= 15 is 0 Å². The number of ether oxygens (including phenoxy) is 1. The average molecular weight is 234 g/mol. The fourth-order valence-electron chi connectivity index (χ4n) is 1.63. The van der Waals surface area contributed by atoms with Crippen LogP contribution in [0.2, 0.25) is 0 Å². The Morgan fingerprint density at radius 1 is 1.19 bits per heavy atom. The van der Waals surface area contributed by atoms with Gasteiger partial charge in [0, 0.05) is 17.6 Å². The van der Waals surface area contributed by atoms with Gasteiger partial charge in [0.15, 0.2) is 0 Å². The smallest absolute Gasteiger partial charge is 0.128 e. The molecule has 1 aromatic heterocycles. The summed E-state index contributed by atoms with van der Waals surface area (Å²) < 4.78 is 5.32. The van der Waals surface area contributed by atoms with E-state index in [1.165, 1.54) is 0 Å². The number of pyridine rings is 1. The molecule has 0 aliphatic heterocycles. The van der Waals surface area contributed by atoms with Gasteiger partial charge in [-0.1, -0.05) is 18.2 Å². The third-order valence-corrected chi connectivity index (χ3v) is 2.69. The van der Waals surface area contributed by atoms with Crippen molar-refractivity contribution in [3.63, 3.8) is 0 Å². The summed E-state index contributed by atoms with van der Waals surface area (Å²) in [7, 11) is 1.65. The van der Waals surface area contributed by atoms with Gasteiger partial charge in [-0.15, -0.1) is 11.6 Å². The van der Waals surface area contributed by atoms with Crippen molar-refractivity contribution in [2.75, 3.05) is 7.11 Å². The van der Waals surface area contributed by atoms with Crippen LogP contribution in [0.4, 0.5) is 0 Å². The topological polar surface area (TPSA) is 22.1 Å². The van der Waals surface area contributed by atoms with Crippen molar-refractivity contribution in [1.29, 1.82) is 0 Å². The number of alkyl halides is 1. The molecule has 16 heavy (non-hydrogen) atoms. The first-order chi connectivity index (χ1) is 7.86. The Morgan fingerprint density at radius 3 is 2.75 bits per heavy atom. The fourth-order valence-corrected chi connectivity index (χ4v) is 1.84. The Bertz CT molecular complexity index is 439. The Labute approximate surface area is 99.9 Å². The predicted octanol–water partition coefficient (Wildman–Crippen LogP) is 3.50. The van der Waals surface area contributed by atoms with Gasteiger partial charge < -0.3 is 4.74 Å². The Kier molecular flexibility index (Phi) is 3.42. The molecule has 3 heteroatoms. The second-order valence-electron chi connectivity index (χ2n) is 3.35. The normalized spacial score (nSPS) is 10.1. The minimum absolute atomic E-state index is 0.446. The lowest BCUT2D eigenvalue weighted by Gasteiger charge is -2.10. The van der Waals surface area contributed by atoms with Crippen LogP contribution in [0.3, 0.4) is 0 Å². The summed E-state index contributed by atoms with van der Waals surface area (Å²) in [5.74, 6) is 1.26. The molecule has 82 valence electrons. The van der Waals surface area contributed by atoms with Crippen molar-refractivity contribution in [1.82, 2.24) is 4.98 Å². The lowest BCUT2D eigenvalue weighted by molar-refractivity contribution is 0.416. The molecule has 2 aromatic rings. The number of rotatable bonds is 3. The summed E-state index contributed by atoms with van der Waals surface area (Å²) in [6.07, 6.45) is 1.76. The van der Waals surface area contributed by atoms with Crippen molar-refractivity contribution in [3.8, 4) is 17.0 Å². The predicted molar refractivity (Wildman–Crippen MR) is 65.8 cm³/mol. The van der Waals surface area contributed by atoms with Crippen LogP contribution < -0.4 is 4.74 Å². The first kappa shape index (κ1) is 11.0. The summed E-state index contributed by atoms with van der Waals surface area (Å²) in [5, 5.41) is 0. The molecule has 0 saturated heterocycles. The van der Waals surface area contributed by atoms with Gasteiger partial charge in [0.25, 0.3) is 0 Å². The van der Waals surface area contributed by atoms with E-state index in [9.17, 15) is 0 Å². The van der Waals surface area contributed by atoms with E-state index in [0.29, 0.717) is 5.88 Å². The van der Waals surface area contributed by atoms with Gasteiger partial charge in [-0.2, -0.15) is 0 Å². The van der Waals surface area contributed by atoms with Gasteiger partial charge >= 0.3 is 0 Å². The summed E-state index contributed by atoms with van der Waals surface area (Å²) in [6.45, 7) is 0. The highest BCUT2D eigenvalue weighted by Gasteiger charge is 2.09. The largest absolute Gasteiger partial charge is 0.496 e. The molecule has 0 saturated carbocycles. The number of benzene rings is 1. The minimum Gasteiger partial charge on any atom is -0.496 e. The monoisotopic (exact) mass is 233 g/mol. The first-order valence-corrected chi connectivity index (χ1v) is 5.53. The molecule has 1 heterocycles. The van der Waals surface area contributed by atoms with E-state index in [0.717, 1.165) is 22.6 Å². The molecule has 0 spiro atoms. The summed E-state index contributed by atoms with van der Waals surface area (Å²) in [5.41, 5.74) is 2.87. The number of hydrogen-bond donors (Lipinski definition) is 0. The van der Waals surface area contributed by atoms with E-state index < -0.39 is 0 Å². The van der Waals surface area contributed by atoms with Crippen molar-refractivity contribution in [2.24, 2.45) is 0 Å². The number of methoxy groups -OCH3 is 1. The van der Waals surface area contributed by atoms with E-state index in [1.54, 1.807) is 13.3 Å². The molecule has 0 radical (unpaired) electrons. The highest BCUT2D eigenvalue weighted by atomic mass is 35.5. The number of aromatic nitrogens is 1. The molecule has 0 amide bonds. The third kappa shape index (κ3) is 2.02. The van der Waals surface area contributed by atoms with Gasteiger partial charge in [-0.3, -0.25) is 4.98 Å². The zero-order valence-corrected chi connectivity index (χ0v) is 9.74. The van der Waals surface area contributed by atoms with Gasteiger partial charge in [-0.25, -0.2) is 0 Å². The molecular formula is C13H12ClNO. The molecule has 0 unspecified atom stereocenters. The summed E-state index contributed by atoms with van der Waals surface area (Å²) in [4.78, 5) is 4.36. The summed E-state index contributed by atoms with van der Waals surface area (Å²) >= 11 is 5.90. The van der Waals surface area contributed by atoms with Gasteiger partial charge in [-0.05, 0) is 23.8 Å². The molecule has 0 atom stereocenters. The maximum atomic E-state index is 5.90. The molecule has 0 aliphatic carbocycles. The van der Waals surface area contributed by atoms with Crippen LogP contribution in [-0.4, -0.2) is 12.1 Å². The van der Waals surface area contributed by atoms with Crippen LogP contribution in [0.25, 0.3) is 11.3 Å². The maximum absolute atomic E-state index is 5.90. The number of hydrogen-bond acceptors (Lipinski definition) is 2. The lowest BCUT2D eigenvalue weighted by atomic mass is 10.1. The number of halogens is 1. The number of nitrogens with zero attached hydrogens (tertiary/aromatic N) is 1. The zero-order chi connectivity index (χ0) is 11.4. The quantitative estimate of drug-likeness (QED) is 0.757. The molecule has 2 rings (SSSR count). The lowest BCUT2D eigenvalue weighted by Crippen LogP contribution is -1.93. The highest BCUT2D eigenvalue weighted by molar-refractivity contribution is 6.17. The Balaban J connectivity index is 2.58. The SMILES string of the molecule is COc1ccccc1-c1ncccc1CCl. The minimum atomic E-state index is 0.446. The van der Waals surface area contributed by atoms with E-state index in [4.69, 9.17) is 16.3 Å². The molecule has 0 fully saturated rings. The van der Waals surface area contributed by atoms with Crippen LogP contribution in [0.15, 0.2) is 42.6 Å². The average Bonchev–Trinajstić information content (AvgIpc) is 2.38. The van der Waals surface area contributed by atoms with E-state index in [1.807, 2.05) is 36.4 Å². The molecular weight excluding hydrogens is 222 g/mol.